The van der Waals surface area contributed by atoms with Gasteiger partial charge in [-0.3, -0.25) is 0 Å². The van der Waals surface area contributed by atoms with Crippen molar-refractivity contribution in [1.82, 2.24) is 0 Å². The Hall–Kier alpha value is -6.24. The maximum Gasteiger partial charge on any atom is 0.0159 e. The summed E-state index contributed by atoms with van der Waals surface area (Å²) in [6.45, 7) is 4.75. The quantitative estimate of drug-likeness (QED) is 0.167. The molecule has 240 valence electrons. The topological polar surface area (TPSA) is 0 Å². The van der Waals surface area contributed by atoms with Crippen LogP contribution in [0.25, 0.3) is 88.0 Å². The molecule has 0 fully saturated rings. The van der Waals surface area contributed by atoms with Crippen LogP contribution in [0, 0.1) is 0 Å². The van der Waals surface area contributed by atoms with Gasteiger partial charge in [0.1, 0.15) is 0 Å². The maximum absolute atomic E-state index is 2.47. The van der Waals surface area contributed by atoms with Crippen molar-refractivity contribution in [2.75, 3.05) is 0 Å². The van der Waals surface area contributed by atoms with Crippen LogP contribution < -0.4 is 0 Å². The first-order valence-electron chi connectivity index (χ1n) is 17.9. The summed E-state index contributed by atoms with van der Waals surface area (Å²) in [5, 5.41) is 7.70. The van der Waals surface area contributed by atoms with Gasteiger partial charge in [0.05, 0.1) is 0 Å². The Morgan fingerprint density at radius 3 is 1.43 bits per heavy atom. The minimum atomic E-state index is -0.0700. The summed E-state index contributed by atoms with van der Waals surface area (Å²) in [5.41, 5.74) is 15.5. The number of hydrogen-bond acceptors (Lipinski definition) is 0. The van der Waals surface area contributed by atoms with Gasteiger partial charge < -0.3 is 0 Å². The molecule has 0 saturated carbocycles. The summed E-state index contributed by atoms with van der Waals surface area (Å²) in [4.78, 5) is 0. The second-order valence-electron chi connectivity index (χ2n) is 14.4. The van der Waals surface area contributed by atoms with Gasteiger partial charge in [0, 0.05) is 5.41 Å². The zero-order valence-corrected chi connectivity index (χ0v) is 28.8. The average molecular weight is 649 g/mol. The highest BCUT2D eigenvalue weighted by Crippen LogP contribution is 2.53. The van der Waals surface area contributed by atoms with Gasteiger partial charge in [-0.2, -0.15) is 0 Å². The Bertz CT molecular complexity index is 2790. The highest BCUT2D eigenvalue weighted by atomic mass is 14.4. The van der Waals surface area contributed by atoms with E-state index in [1.54, 1.807) is 0 Å². The molecule has 0 heteroatoms. The summed E-state index contributed by atoms with van der Waals surface area (Å²) in [7, 11) is 0. The third kappa shape index (κ3) is 4.53. The van der Waals surface area contributed by atoms with Crippen molar-refractivity contribution in [3.63, 3.8) is 0 Å². The Kier molecular flexibility index (Phi) is 6.63. The molecule has 0 nitrogen and oxygen atoms in total. The largest absolute Gasteiger partial charge is 0.0622 e. The molecule has 0 unspecified atom stereocenters. The summed E-state index contributed by atoms with van der Waals surface area (Å²) in [5.74, 6) is 0. The molecule has 0 bridgehead atoms. The molecule has 9 aromatic rings. The lowest BCUT2D eigenvalue weighted by Crippen LogP contribution is -2.15. The van der Waals surface area contributed by atoms with Crippen molar-refractivity contribution in [3.8, 4) is 55.6 Å². The van der Waals surface area contributed by atoms with Gasteiger partial charge in [-0.1, -0.05) is 184 Å². The molecule has 0 atom stereocenters. The fourth-order valence-electron chi connectivity index (χ4n) is 8.82. The number of benzene rings is 9. The summed E-state index contributed by atoms with van der Waals surface area (Å²) in [6, 6.07) is 67.3. The molecule has 0 amide bonds. The molecular formula is C51H36. The van der Waals surface area contributed by atoms with Crippen LogP contribution in [-0.2, 0) is 5.41 Å². The molecule has 9 aromatic carbocycles. The lowest BCUT2D eigenvalue weighted by molar-refractivity contribution is 0.661. The first kappa shape index (κ1) is 29.7. The van der Waals surface area contributed by atoms with E-state index < -0.39 is 0 Å². The van der Waals surface area contributed by atoms with E-state index in [9.17, 15) is 0 Å². The molecule has 0 radical (unpaired) electrons. The molecule has 1 aliphatic carbocycles. The number of fused-ring (bicyclic) bond motifs is 7. The Balaban J connectivity index is 1.20. The lowest BCUT2D eigenvalue weighted by Gasteiger charge is -2.23. The van der Waals surface area contributed by atoms with Gasteiger partial charge >= 0.3 is 0 Å². The second-order valence-corrected chi connectivity index (χ2v) is 14.4. The van der Waals surface area contributed by atoms with Crippen LogP contribution in [0.1, 0.15) is 25.0 Å². The lowest BCUT2D eigenvalue weighted by atomic mass is 9.80. The molecule has 1 aliphatic rings. The minimum Gasteiger partial charge on any atom is -0.0622 e. The predicted molar refractivity (Wildman–Crippen MR) is 218 cm³/mol. The van der Waals surface area contributed by atoms with E-state index in [-0.39, 0.29) is 5.41 Å². The van der Waals surface area contributed by atoms with Crippen LogP contribution in [0.2, 0.25) is 0 Å². The molecule has 0 saturated heterocycles. The van der Waals surface area contributed by atoms with E-state index in [2.05, 4.69) is 196 Å². The second kappa shape index (κ2) is 11.4. The Morgan fingerprint density at radius 1 is 0.275 bits per heavy atom. The zero-order valence-electron chi connectivity index (χ0n) is 28.8. The molecule has 10 rings (SSSR count). The Morgan fingerprint density at radius 2 is 0.745 bits per heavy atom. The van der Waals surface area contributed by atoms with E-state index in [1.165, 1.54) is 99.1 Å². The predicted octanol–water partition coefficient (Wildman–Crippen LogP) is 14.1. The summed E-state index contributed by atoms with van der Waals surface area (Å²) in [6.07, 6.45) is 0. The van der Waals surface area contributed by atoms with Gasteiger partial charge in [-0.05, 0) is 111 Å². The van der Waals surface area contributed by atoms with E-state index in [1.807, 2.05) is 0 Å². The van der Waals surface area contributed by atoms with Crippen molar-refractivity contribution in [3.05, 3.63) is 193 Å². The molecule has 0 spiro atoms. The fraction of sp³-hybridized carbons (Fsp3) is 0.0588. The van der Waals surface area contributed by atoms with Gasteiger partial charge in [0.15, 0.2) is 0 Å². The van der Waals surface area contributed by atoms with Gasteiger partial charge in [0.2, 0.25) is 0 Å². The monoisotopic (exact) mass is 648 g/mol. The van der Waals surface area contributed by atoms with Gasteiger partial charge in [-0.25, -0.2) is 0 Å². The molecule has 0 heterocycles. The molecular weight excluding hydrogens is 613 g/mol. The van der Waals surface area contributed by atoms with Crippen molar-refractivity contribution in [2.45, 2.75) is 19.3 Å². The van der Waals surface area contributed by atoms with Gasteiger partial charge in [-0.15, -0.1) is 0 Å². The zero-order chi connectivity index (χ0) is 34.1. The van der Waals surface area contributed by atoms with Crippen LogP contribution in [0.3, 0.4) is 0 Å². The molecule has 0 aromatic heterocycles. The van der Waals surface area contributed by atoms with Gasteiger partial charge in [0.25, 0.3) is 0 Å². The minimum absolute atomic E-state index is 0.0700. The number of rotatable bonds is 4. The van der Waals surface area contributed by atoms with Crippen molar-refractivity contribution < 1.29 is 0 Å². The van der Waals surface area contributed by atoms with Crippen molar-refractivity contribution >= 4 is 32.3 Å². The van der Waals surface area contributed by atoms with Crippen LogP contribution >= 0.6 is 0 Å². The smallest absolute Gasteiger partial charge is 0.0159 e. The molecule has 51 heavy (non-hydrogen) atoms. The van der Waals surface area contributed by atoms with Crippen molar-refractivity contribution in [2.24, 2.45) is 0 Å². The Labute approximate surface area is 299 Å². The first-order valence-corrected chi connectivity index (χ1v) is 17.9. The SMILES string of the molecule is CC1(C)c2ccccc2-c2c1cc(-c1ccc(-c3c4ccccc4c(-c4ccccc4)c4ccc(-c5ccccc5)cc34)cc1)c1ccccc21. The summed E-state index contributed by atoms with van der Waals surface area (Å²) < 4.78 is 0. The standard InChI is InChI=1S/C51H36/c1-51(2)46-24-14-13-23-43(46)50-39-20-10-9-19-38(39)44(32-47(50)51)34-25-27-36(28-26-34)49-41-22-12-11-21-40(41)48(35-17-7-4-8-18-35)42-30-29-37(31-45(42)49)33-15-5-3-6-16-33/h3-32H,1-2H3. The van der Waals surface area contributed by atoms with E-state index in [0.29, 0.717) is 0 Å². The van der Waals surface area contributed by atoms with Crippen molar-refractivity contribution in [1.29, 1.82) is 0 Å². The average Bonchev–Trinajstić information content (AvgIpc) is 3.43. The molecule has 0 N–H and O–H groups in total. The fourth-order valence-corrected chi connectivity index (χ4v) is 8.82. The van der Waals surface area contributed by atoms with Crippen LogP contribution in [0.4, 0.5) is 0 Å². The van der Waals surface area contributed by atoms with E-state index in [0.717, 1.165) is 0 Å². The van der Waals surface area contributed by atoms with E-state index >= 15 is 0 Å². The molecule has 0 aliphatic heterocycles. The van der Waals surface area contributed by atoms with Crippen LogP contribution in [0.5, 0.6) is 0 Å². The number of hydrogen-bond donors (Lipinski definition) is 0. The third-order valence-corrected chi connectivity index (χ3v) is 11.3. The highest BCUT2D eigenvalue weighted by Gasteiger charge is 2.37. The third-order valence-electron chi connectivity index (χ3n) is 11.3. The highest BCUT2D eigenvalue weighted by molar-refractivity contribution is 6.22. The van der Waals surface area contributed by atoms with Crippen LogP contribution in [-0.4, -0.2) is 0 Å². The normalized spacial score (nSPS) is 13.1. The van der Waals surface area contributed by atoms with E-state index in [4.69, 9.17) is 0 Å². The summed E-state index contributed by atoms with van der Waals surface area (Å²) >= 11 is 0. The maximum atomic E-state index is 2.47. The van der Waals surface area contributed by atoms with Crippen LogP contribution in [0.15, 0.2) is 182 Å². The first-order chi connectivity index (χ1) is 25.1.